The van der Waals surface area contributed by atoms with Crippen LogP contribution in [0.4, 0.5) is 0 Å². The first-order valence-electron chi connectivity index (χ1n) is 9.69. The van der Waals surface area contributed by atoms with Crippen molar-refractivity contribution in [2.45, 2.75) is 36.0 Å². The van der Waals surface area contributed by atoms with E-state index in [9.17, 15) is 8.42 Å². The highest BCUT2D eigenvalue weighted by atomic mass is 32.2. The fourth-order valence-electron chi connectivity index (χ4n) is 2.98. The molecule has 2 N–H and O–H groups in total. The highest BCUT2D eigenvalue weighted by Gasteiger charge is 2.28. The van der Waals surface area contributed by atoms with E-state index >= 15 is 0 Å². The first-order valence-corrected chi connectivity index (χ1v) is 12.5. The van der Waals surface area contributed by atoms with E-state index in [-0.39, 0.29) is 29.5 Å². The number of ether oxygens (including phenoxy) is 2. The van der Waals surface area contributed by atoms with Crippen molar-refractivity contribution in [2.24, 2.45) is 5.14 Å². The van der Waals surface area contributed by atoms with Crippen molar-refractivity contribution in [3.63, 3.8) is 0 Å². The fourth-order valence-corrected chi connectivity index (χ4v) is 4.04. The van der Waals surface area contributed by atoms with Crippen LogP contribution in [0.25, 0.3) is 11.3 Å². The van der Waals surface area contributed by atoms with Crippen molar-refractivity contribution in [1.82, 2.24) is 19.9 Å². The molecule has 0 aliphatic carbocycles. The van der Waals surface area contributed by atoms with Crippen LogP contribution in [0.2, 0.25) is 0 Å². The van der Waals surface area contributed by atoms with Gasteiger partial charge < -0.3 is 9.47 Å². The predicted octanol–water partition coefficient (Wildman–Crippen LogP) is 3.06. The van der Waals surface area contributed by atoms with Gasteiger partial charge in [-0.3, -0.25) is 0 Å². The average molecular weight is 476 g/mol. The number of nitrogens with two attached hydrogens (primary N) is 1. The molecular weight excluding hydrogens is 450 g/mol. The van der Waals surface area contributed by atoms with Crippen LogP contribution in [0.3, 0.4) is 0 Å². The predicted molar refractivity (Wildman–Crippen MR) is 122 cm³/mol. The number of nitrogens with zero attached hydrogens (tertiary/aromatic N) is 4. The van der Waals surface area contributed by atoms with Crippen molar-refractivity contribution >= 4 is 21.8 Å². The molecule has 2 aromatic heterocycles. The molecular formula is C21H25N5O4S2. The van der Waals surface area contributed by atoms with Crippen LogP contribution in [-0.2, 0) is 15.4 Å². The maximum absolute atomic E-state index is 12.3. The highest BCUT2D eigenvalue weighted by Crippen LogP contribution is 2.42. The van der Waals surface area contributed by atoms with Crippen LogP contribution in [0.5, 0.6) is 11.8 Å². The van der Waals surface area contributed by atoms with E-state index in [2.05, 4.69) is 19.9 Å². The number of rotatable bonds is 8. The monoisotopic (exact) mass is 475 g/mol. The second-order valence-electron chi connectivity index (χ2n) is 7.81. The lowest BCUT2D eigenvalue weighted by atomic mass is 9.84. The molecule has 32 heavy (non-hydrogen) atoms. The first kappa shape index (κ1) is 23.9. The Morgan fingerprint density at radius 1 is 1.03 bits per heavy atom. The Kier molecular flexibility index (Phi) is 7.32. The van der Waals surface area contributed by atoms with Crippen molar-refractivity contribution in [1.29, 1.82) is 0 Å². The van der Waals surface area contributed by atoms with Gasteiger partial charge in [-0.2, -0.15) is 0 Å². The lowest BCUT2D eigenvalue weighted by molar-refractivity contribution is 0.203. The van der Waals surface area contributed by atoms with Crippen LogP contribution >= 0.6 is 11.8 Å². The minimum atomic E-state index is -4.04. The third-order valence-corrected chi connectivity index (χ3v) is 6.11. The van der Waals surface area contributed by atoms with E-state index in [1.807, 2.05) is 27.0 Å². The summed E-state index contributed by atoms with van der Waals surface area (Å²) in [6, 6.07) is 5.04. The van der Waals surface area contributed by atoms with Gasteiger partial charge in [-0.05, 0) is 23.8 Å². The van der Waals surface area contributed by atoms with Crippen LogP contribution < -0.4 is 14.6 Å². The van der Waals surface area contributed by atoms with Crippen molar-refractivity contribution in [2.75, 3.05) is 19.5 Å². The second-order valence-corrected chi connectivity index (χ2v) is 10.2. The maximum atomic E-state index is 12.3. The molecule has 0 saturated carbocycles. The molecule has 9 nitrogen and oxygen atoms in total. The van der Waals surface area contributed by atoms with Crippen LogP contribution in [-0.4, -0.2) is 47.8 Å². The van der Waals surface area contributed by atoms with Crippen LogP contribution in [0.15, 0.2) is 52.9 Å². The summed E-state index contributed by atoms with van der Waals surface area (Å²) in [5, 5.41) is 5.51. The SMILES string of the molecule is CSc1cnc(OCCOc2c(C(C)(C)C)ccc(S(N)(=O)=O)c2-c2ccncn2)nc1. The van der Waals surface area contributed by atoms with Gasteiger partial charge in [-0.1, -0.05) is 26.8 Å². The lowest BCUT2D eigenvalue weighted by Crippen LogP contribution is -2.20. The minimum Gasteiger partial charge on any atom is -0.489 e. The van der Waals surface area contributed by atoms with Crippen molar-refractivity contribution in [3.8, 4) is 23.0 Å². The lowest BCUT2D eigenvalue weighted by Gasteiger charge is -2.26. The third-order valence-electron chi connectivity index (χ3n) is 4.47. The maximum Gasteiger partial charge on any atom is 0.316 e. The summed E-state index contributed by atoms with van der Waals surface area (Å²) in [4.78, 5) is 17.3. The quantitative estimate of drug-likeness (QED) is 0.386. The number of sulfonamides is 1. The van der Waals surface area contributed by atoms with Gasteiger partial charge in [0.2, 0.25) is 10.0 Å². The van der Waals surface area contributed by atoms with E-state index in [0.717, 1.165) is 10.5 Å². The zero-order valence-corrected chi connectivity index (χ0v) is 19.9. The smallest absolute Gasteiger partial charge is 0.316 e. The Morgan fingerprint density at radius 2 is 1.72 bits per heavy atom. The number of hydrogen-bond donors (Lipinski definition) is 1. The molecule has 2 heterocycles. The van der Waals surface area contributed by atoms with Gasteiger partial charge in [0.1, 0.15) is 25.3 Å². The van der Waals surface area contributed by atoms with E-state index in [1.54, 1.807) is 24.5 Å². The van der Waals surface area contributed by atoms with Gasteiger partial charge in [0.05, 0.1) is 16.2 Å². The zero-order chi connectivity index (χ0) is 23.4. The first-order chi connectivity index (χ1) is 15.1. The molecule has 0 unspecified atom stereocenters. The Labute approximate surface area is 191 Å². The molecule has 3 aromatic rings. The van der Waals surface area contributed by atoms with E-state index < -0.39 is 10.0 Å². The molecule has 0 atom stereocenters. The average Bonchev–Trinajstić information content (AvgIpc) is 2.76. The number of aromatic nitrogens is 4. The molecule has 0 spiro atoms. The van der Waals surface area contributed by atoms with E-state index in [1.165, 1.54) is 30.4 Å². The Morgan fingerprint density at radius 3 is 2.28 bits per heavy atom. The van der Waals surface area contributed by atoms with Crippen molar-refractivity contribution in [3.05, 3.63) is 48.7 Å². The summed E-state index contributed by atoms with van der Waals surface area (Å²) in [6.45, 7) is 6.31. The van der Waals surface area contributed by atoms with E-state index in [4.69, 9.17) is 14.6 Å². The molecule has 0 bridgehead atoms. The molecule has 0 radical (unpaired) electrons. The number of benzene rings is 1. The molecule has 11 heteroatoms. The van der Waals surface area contributed by atoms with Gasteiger partial charge in [-0.25, -0.2) is 33.5 Å². The van der Waals surface area contributed by atoms with E-state index in [0.29, 0.717) is 17.0 Å². The second kappa shape index (κ2) is 9.80. The standard InChI is InChI=1S/C21H25N5O4S2/c1-21(2,3)15-5-6-17(32(22,27)28)18(16-7-8-23-13-26-16)19(15)29-9-10-30-20-24-11-14(31-4)12-25-20/h5-8,11-13H,9-10H2,1-4H3,(H2,22,27,28). The van der Waals surface area contributed by atoms with Gasteiger partial charge in [0, 0.05) is 29.0 Å². The largest absolute Gasteiger partial charge is 0.489 e. The van der Waals surface area contributed by atoms with Crippen LogP contribution in [0, 0.1) is 0 Å². The third kappa shape index (κ3) is 5.72. The summed E-state index contributed by atoms with van der Waals surface area (Å²) in [5.74, 6) is 0.380. The van der Waals surface area contributed by atoms with Crippen LogP contribution in [0.1, 0.15) is 26.3 Å². The Bertz CT molecular complexity index is 1170. The fraction of sp³-hybridized carbons (Fsp3) is 0.333. The number of thioether (sulfide) groups is 1. The van der Waals surface area contributed by atoms with Crippen molar-refractivity contribution < 1.29 is 17.9 Å². The summed E-state index contributed by atoms with van der Waals surface area (Å²) in [7, 11) is -4.04. The Hall–Kier alpha value is -2.76. The molecule has 0 aliphatic heterocycles. The zero-order valence-electron chi connectivity index (χ0n) is 18.3. The summed E-state index contributed by atoms with van der Waals surface area (Å²) < 4.78 is 36.3. The van der Waals surface area contributed by atoms with Gasteiger partial charge in [0.25, 0.3) is 0 Å². The normalized spacial score (nSPS) is 11.9. The van der Waals surface area contributed by atoms with Gasteiger partial charge >= 0.3 is 6.01 Å². The summed E-state index contributed by atoms with van der Waals surface area (Å²) in [5.41, 5.74) is 1.15. The molecule has 0 saturated heterocycles. The molecule has 170 valence electrons. The molecule has 1 aromatic carbocycles. The summed E-state index contributed by atoms with van der Waals surface area (Å²) >= 11 is 1.53. The number of primary sulfonamides is 1. The van der Waals surface area contributed by atoms with Gasteiger partial charge in [0.15, 0.2) is 0 Å². The van der Waals surface area contributed by atoms with Gasteiger partial charge in [-0.15, -0.1) is 11.8 Å². The highest BCUT2D eigenvalue weighted by molar-refractivity contribution is 7.98. The minimum absolute atomic E-state index is 0.0730. The Balaban J connectivity index is 1.96. The summed E-state index contributed by atoms with van der Waals surface area (Å²) in [6.07, 6.45) is 8.16. The number of hydrogen-bond acceptors (Lipinski definition) is 9. The molecule has 3 rings (SSSR count). The molecule has 0 aliphatic rings. The molecule has 0 fully saturated rings. The topological polar surface area (TPSA) is 130 Å². The molecule has 0 amide bonds.